The fraction of sp³-hybridized carbons (Fsp3) is 0.265. The summed E-state index contributed by atoms with van der Waals surface area (Å²) in [6, 6.07) is 17.3. The van der Waals surface area contributed by atoms with Crippen molar-refractivity contribution in [1.29, 1.82) is 0 Å². The van der Waals surface area contributed by atoms with Crippen LogP contribution in [-0.2, 0) is 14.3 Å². The number of amides is 2. The van der Waals surface area contributed by atoms with E-state index in [1.165, 1.54) is 29.2 Å². The van der Waals surface area contributed by atoms with Gasteiger partial charge in [-0.25, -0.2) is 9.78 Å². The second kappa shape index (κ2) is 11.0. The molecule has 2 heterocycles. The zero-order valence-corrected chi connectivity index (χ0v) is 25.7. The molecule has 3 aliphatic rings. The van der Waals surface area contributed by atoms with Crippen LogP contribution in [0.5, 0.6) is 0 Å². The van der Waals surface area contributed by atoms with Crippen LogP contribution in [0.3, 0.4) is 0 Å². The number of esters is 1. The van der Waals surface area contributed by atoms with Gasteiger partial charge in [0.25, 0.3) is 5.69 Å². The number of rotatable bonds is 7. The molecule has 3 fully saturated rings. The Hall–Kier alpha value is -4.77. The number of benzene rings is 3. The number of hydrogen-bond acceptors (Lipinski definition) is 8. The molecule has 2 amide bonds. The topological polar surface area (TPSA) is 137 Å². The van der Waals surface area contributed by atoms with Gasteiger partial charge in [0.05, 0.1) is 39.2 Å². The van der Waals surface area contributed by atoms with E-state index in [1.54, 1.807) is 36.4 Å². The predicted octanol–water partition coefficient (Wildman–Crippen LogP) is 6.46. The van der Waals surface area contributed by atoms with Gasteiger partial charge in [0, 0.05) is 33.1 Å². The molecule has 1 saturated heterocycles. The summed E-state index contributed by atoms with van der Waals surface area (Å²) < 4.78 is 6.16. The zero-order chi connectivity index (χ0) is 31.6. The fourth-order valence-corrected chi connectivity index (χ4v) is 7.85. The van der Waals surface area contributed by atoms with E-state index in [9.17, 15) is 29.3 Å². The number of fused-ring (bicyclic) bond motifs is 6. The highest BCUT2D eigenvalue weighted by atomic mass is 79.9. The smallest absolute Gasteiger partial charge is 0.339 e. The third-order valence-electron chi connectivity index (χ3n) is 9.37. The Balaban J connectivity index is 1.16. The number of ketones is 1. The van der Waals surface area contributed by atoms with E-state index in [0.29, 0.717) is 39.7 Å². The minimum atomic E-state index is -0.734. The summed E-state index contributed by atoms with van der Waals surface area (Å²) in [4.78, 5) is 69.2. The van der Waals surface area contributed by atoms with Crippen molar-refractivity contribution in [3.05, 3.63) is 98.0 Å². The Kier molecular flexibility index (Phi) is 7.07. The SMILES string of the molecule is Cc1cc(Br)cc2c(C(=O)OCC(=O)c3ccc([N+](=O)[O-])cc3)cc(-c3ccc(N4C(=O)C5C6CCC(C6)C5C4=O)cc3)nc12. The first-order chi connectivity index (χ1) is 21.6. The van der Waals surface area contributed by atoms with Crippen LogP contribution in [0.15, 0.2) is 71.2 Å². The lowest BCUT2D eigenvalue weighted by Gasteiger charge is -2.19. The molecule has 2 bridgehead atoms. The second-order valence-electron chi connectivity index (χ2n) is 11.9. The van der Waals surface area contributed by atoms with Crippen molar-refractivity contribution in [1.82, 2.24) is 4.98 Å². The van der Waals surface area contributed by atoms with E-state index in [-0.39, 0.29) is 40.5 Å². The van der Waals surface area contributed by atoms with Crippen molar-refractivity contribution in [3.63, 3.8) is 0 Å². The first-order valence-electron chi connectivity index (χ1n) is 14.6. The van der Waals surface area contributed by atoms with E-state index in [4.69, 9.17) is 9.72 Å². The molecule has 45 heavy (non-hydrogen) atoms. The average molecular weight is 668 g/mol. The number of Topliss-reactive ketones (excluding diaryl/α,β-unsaturated/α-hetero) is 1. The van der Waals surface area contributed by atoms with Crippen molar-refractivity contribution < 1.29 is 28.8 Å². The van der Waals surface area contributed by atoms with Gasteiger partial charge in [0.15, 0.2) is 12.4 Å². The Morgan fingerprint density at radius 3 is 2.24 bits per heavy atom. The van der Waals surface area contributed by atoms with Crippen molar-refractivity contribution in [2.24, 2.45) is 23.7 Å². The summed E-state index contributed by atoms with van der Waals surface area (Å²) in [5.41, 5.74) is 3.27. The minimum absolute atomic E-state index is 0.108. The first kappa shape index (κ1) is 29.0. The highest BCUT2D eigenvalue weighted by Crippen LogP contribution is 2.56. The molecule has 1 aliphatic heterocycles. The number of carbonyl (C=O) groups is 4. The number of non-ortho nitro benzene ring substituents is 1. The summed E-state index contributed by atoms with van der Waals surface area (Å²) in [5.74, 6) is -1.27. The Bertz CT molecular complexity index is 1910. The minimum Gasteiger partial charge on any atom is -0.454 e. The van der Waals surface area contributed by atoms with Crippen LogP contribution in [0.1, 0.15) is 45.5 Å². The van der Waals surface area contributed by atoms with Crippen LogP contribution in [0.25, 0.3) is 22.2 Å². The third kappa shape index (κ3) is 4.91. The molecule has 2 saturated carbocycles. The number of nitro groups is 1. The van der Waals surface area contributed by atoms with Gasteiger partial charge in [-0.1, -0.05) is 28.1 Å². The molecule has 3 aromatic carbocycles. The van der Waals surface area contributed by atoms with Crippen molar-refractivity contribution in [3.8, 4) is 11.3 Å². The number of anilines is 1. The number of aryl methyl sites for hydroxylation is 1. The van der Waals surface area contributed by atoms with Gasteiger partial charge in [-0.05, 0) is 86.1 Å². The largest absolute Gasteiger partial charge is 0.454 e. The lowest BCUT2D eigenvalue weighted by molar-refractivity contribution is -0.384. The normalized spacial score (nSPS) is 21.8. The summed E-state index contributed by atoms with van der Waals surface area (Å²) in [7, 11) is 0. The van der Waals surface area contributed by atoms with Crippen molar-refractivity contribution in [2.75, 3.05) is 11.5 Å². The van der Waals surface area contributed by atoms with Gasteiger partial charge < -0.3 is 4.74 Å². The highest BCUT2D eigenvalue weighted by Gasteiger charge is 2.61. The molecule has 226 valence electrons. The van der Waals surface area contributed by atoms with E-state index < -0.39 is 23.3 Å². The zero-order valence-electron chi connectivity index (χ0n) is 24.1. The number of pyridine rings is 1. The molecule has 2 aliphatic carbocycles. The van der Waals surface area contributed by atoms with Crippen LogP contribution < -0.4 is 4.90 Å². The Labute approximate surface area is 265 Å². The molecule has 4 atom stereocenters. The summed E-state index contributed by atoms with van der Waals surface area (Å²) in [5, 5.41) is 11.4. The molecule has 0 radical (unpaired) electrons. The Morgan fingerprint density at radius 2 is 1.62 bits per heavy atom. The lowest BCUT2D eigenvalue weighted by atomic mass is 9.81. The van der Waals surface area contributed by atoms with Gasteiger partial charge in [-0.15, -0.1) is 0 Å². The Morgan fingerprint density at radius 1 is 0.978 bits per heavy atom. The van der Waals surface area contributed by atoms with Crippen LogP contribution in [0.2, 0.25) is 0 Å². The van der Waals surface area contributed by atoms with Crippen LogP contribution in [0.4, 0.5) is 11.4 Å². The number of hydrogen-bond donors (Lipinski definition) is 0. The maximum atomic E-state index is 13.4. The van der Waals surface area contributed by atoms with E-state index in [0.717, 1.165) is 29.3 Å². The third-order valence-corrected chi connectivity index (χ3v) is 9.83. The van der Waals surface area contributed by atoms with Gasteiger partial charge >= 0.3 is 5.97 Å². The summed E-state index contributed by atoms with van der Waals surface area (Å²) >= 11 is 3.48. The monoisotopic (exact) mass is 667 g/mol. The molecule has 7 rings (SSSR count). The maximum absolute atomic E-state index is 13.4. The van der Waals surface area contributed by atoms with Crippen LogP contribution >= 0.6 is 15.9 Å². The second-order valence-corrected chi connectivity index (χ2v) is 12.8. The molecule has 1 aromatic heterocycles. The molecule has 4 aromatic rings. The van der Waals surface area contributed by atoms with E-state index in [1.807, 2.05) is 13.0 Å². The number of nitro benzene ring substituents is 1. The van der Waals surface area contributed by atoms with Gasteiger partial charge in [-0.3, -0.25) is 29.4 Å². The highest BCUT2D eigenvalue weighted by molar-refractivity contribution is 9.10. The predicted molar refractivity (Wildman–Crippen MR) is 168 cm³/mol. The first-order valence-corrected chi connectivity index (χ1v) is 15.4. The van der Waals surface area contributed by atoms with Crippen LogP contribution in [0, 0.1) is 40.7 Å². The lowest BCUT2D eigenvalue weighted by Crippen LogP contribution is -2.32. The van der Waals surface area contributed by atoms with Gasteiger partial charge in [0.1, 0.15) is 0 Å². The maximum Gasteiger partial charge on any atom is 0.339 e. The average Bonchev–Trinajstić information content (AvgIpc) is 3.72. The summed E-state index contributed by atoms with van der Waals surface area (Å²) in [6.45, 7) is 1.31. The molecular formula is C34H26BrN3O7. The molecule has 4 unspecified atom stereocenters. The fourth-order valence-electron chi connectivity index (χ4n) is 7.28. The number of ether oxygens (including phenoxy) is 1. The van der Waals surface area contributed by atoms with Crippen molar-refractivity contribution >= 4 is 61.8 Å². The standard InChI is InChI=1S/C34H26BrN3O7/c1-17-12-22(35)14-25-26(34(42)45-16-28(39)19-6-10-24(11-7-19)38(43)44)15-27(36-31(17)25)18-4-8-23(9-5-18)37-32(40)29-20-2-3-21(13-20)30(29)33(37)41/h4-12,14-15,20-21,29-30H,2-3,13,16H2,1H3. The number of halogens is 1. The van der Waals surface area contributed by atoms with Gasteiger partial charge in [0.2, 0.25) is 11.8 Å². The quantitative estimate of drug-likeness (QED) is 0.0720. The number of carbonyl (C=O) groups excluding carboxylic acids is 4. The molecule has 10 nitrogen and oxygen atoms in total. The number of imide groups is 1. The van der Waals surface area contributed by atoms with E-state index >= 15 is 0 Å². The molecule has 11 heteroatoms. The number of nitrogens with zero attached hydrogens (tertiary/aromatic N) is 3. The molecular weight excluding hydrogens is 642 g/mol. The van der Waals surface area contributed by atoms with E-state index in [2.05, 4.69) is 15.9 Å². The van der Waals surface area contributed by atoms with Crippen molar-refractivity contribution in [2.45, 2.75) is 26.2 Å². The van der Waals surface area contributed by atoms with Crippen LogP contribution in [-0.4, -0.2) is 40.1 Å². The number of aromatic nitrogens is 1. The molecule has 0 N–H and O–H groups in total. The summed E-state index contributed by atoms with van der Waals surface area (Å²) in [6.07, 6.45) is 2.99. The molecule has 0 spiro atoms. The van der Waals surface area contributed by atoms with Gasteiger partial charge in [-0.2, -0.15) is 0 Å².